The van der Waals surface area contributed by atoms with Crippen LogP contribution in [0.3, 0.4) is 0 Å². The first-order valence-corrected chi connectivity index (χ1v) is 8.46. The molecule has 1 aromatic carbocycles. The first-order chi connectivity index (χ1) is 12.3. The second-order valence-corrected chi connectivity index (χ2v) is 5.29. The van der Waals surface area contributed by atoms with E-state index in [4.69, 9.17) is 9.47 Å². The summed E-state index contributed by atoms with van der Waals surface area (Å²) in [4.78, 5) is 8.54. The van der Waals surface area contributed by atoms with E-state index in [0.29, 0.717) is 38.8 Å². The van der Waals surface area contributed by atoms with Gasteiger partial charge in [-0.2, -0.15) is 0 Å². The number of hydrogen-bond acceptors (Lipinski definition) is 4. The van der Waals surface area contributed by atoms with Gasteiger partial charge >= 0.3 is 0 Å². The van der Waals surface area contributed by atoms with Crippen LogP contribution in [0.15, 0.2) is 53.7 Å². The Hall–Kier alpha value is -1.87. The zero-order chi connectivity index (χ0) is 17.7. The van der Waals surface area contributed by atoms with Crippen molar-refractivity contribution >= 4 is 29.9 Å². The van der Waals surface area contributed by atoms with E-state index in [0.717, 1.165) is 17.1 Å². The summed E-state index contributed by atoms with van der Waals surface area (Å²) in [5.74, 6) is 1.35. The molecular formula is C19H27IN4O2. The van der Waals surface area contributed by atoms with Crippen LogP contribution in [0.2, 0.25) is 0 Å². The fourth-order valence-corrected chi connectivity index (χ4v) is 2.20. The summed E-state index contributed by atoms with van der Waals surface area (Å²) in [5.41, 5.74) is 2.09. The summed E-state index contributed by atoms with van der Waals surface area (Å²) in [6, 6.07) is 13.9. The number of benzene rings is 1. The second-order valence-electron chi connectivity index (χ2n) is 5.29. The van der Waals surface area contributed by atoms with Gasteiger partial charge in [-0.1, -0.05) is 36.4 Å². The number of pyridine rings is 1. The Morgan fingerprint density at radius 1 is 1.12 bits per heavy atom. The zero-order valence-corrected chi connectivity index (χ0v) is 17.6. The van der Waals surface area contributed by atoms with Crippen molar-refractivity contribution in [3.63, 3.8) is 0 Å². The van der Waals surface area contributed by atoms with E-state index < -0.39 is 0 Å². The maximum Gasteiger partial charge on any atom is 0.218 e. The normalized spacial score (nSPS) is 10.8. The summed E-state index contributed by atoms with van der Waals surface area (Å²) in [6.07, 6.45) is 1.74. The number of aliphatic imine (C=N–C) groups is 1. The van der Waals surface area contributed by atoms with Crippen molar-refractivity contribution in [3.8, 4) is 5.88 Å². The molecule has 6 nitrogen and oxygen atoms in total. The molecule has 2 aromatic rings. The highest BCUT2D eigenvalue weighted by Crippen LogP contribution is 2.15. The fraction of sp³-hybridized carbons (Fsp3) is 0.368. The van der Waals surface area contributed by atoms with Crippen molar-refractivity contribution in [1.29, 1.82) is 0 Å². The molecule has 0 amide bonds. The largest absolute Gasteiger partial charge is 0.473 e. The lowest BCUT2D eigenvalue weighted by atomic mass is 10.2. The smallest absolute Gasteiger partial charge is 0.218 e. The number of guanidine groups is 1. The monoisotopic (exact) mass is 470 g/mol. The van der Waals surface area contributed by atoms with E-state index in [9.17, 15) is 0 Å². The molecule has 0 bridgehead atoms. The van der Waals surface area contributed by atoms with Gasteiger partial charge in [0.05, 0.1) is 6.61 Å². The summed E-state index contributed by atoms with van der Waals surface area (Å²) in [5, 5.41) is 6.47. The standard InChI is InChI=1S/C19H26N4O2.HI/c1-3-24-13-12-22-19(20-2)23-14-17-10-7-11-21-18(17)25-15-16-8-5-4-6-9-16;/h4-11H,3,12-15H2,1-2H3,(H2,20,22,23);1H. The fourth-order valence-electron chi connectivity index (χ4n) is 2.20. The van der Waals surface area contributed by atoms with Crippen LogP contribution in [0.25, 0.3) is 0 Å². The van der Waals surface area contributed by atoms with Gasteiger partial charge in [-0.05, 0) is 18.6 Å². The average molecular weight is 470 g/mol. The van der Waals surface area contributed by atoms with Gasteiger partial charge in [-0.25, -0.2) is 4.98 Å². The molecule has 0 saturated heterocycles. The quantitative estimate of drug-likeness (QED) is 0.255. The molecule has 0 aliphatic carbocycles. The van der Waals surface area contributed by atoms with Crippen molar-refractivity contribution in [2.75, 3.05) is 26.8 Å². The van der Waals surface area contributed by atoms with Crippen molar-refractivity contribution in [1.82, 2.24) is 15.6 Å². The van der Waals surface area contributed by atoms with E-state index >= 15 is 0 Å². The van der Waals surface area contributed by atoms with Crippen LogP contribution in [0.1, 0.15) is 18.1 Å². The molecule has 0 fully saturated rings. The molecular weight excluding hydrogens is 443 g/mol. The predicted octanol–water partition coefficient (Wildman–Crippen LogP) is 2.98. The number of rotatable bonds is 9. The number of aromatic nitrogens is 1. The van der Waals surface area contributed by atoms with Crippen LogP contribution >= 0.6 is 24.0 Å². The van der Waals surface area contributed by atoms with Gasteiger partial charge in [0.15, 0.2) is 5.96 Å². The van der Waals surface area contributed by atoms with E-state index in [-0.39, 0.29) is 24.0 Å². The molecule has 0 radical (unpaired) electrons. The third kappa shape index (κ3) is 8.01. The van der Waals surface area contributed by atoms with Crippen LogP contribution in [-0.4, -0.2) is 37.7 Å². The van der Waals surface area contributed by atoms with Gasteiger partial charge in [-0.3, -0.25) is 4.99 Å². The molecule has 142 valence electrons. The Labute approximate surface area is 172 Å². The SMILES string of the molecule is CCOCCNC(=NC)NCc1cccnc1OCc1ccccc1.I. The summed E-state index contributed by atoms with van der Waals surface area (Å²) in [6.45, 7) is 5.11. The Morgan fingerprint density at radius 3 is 2.65 bits per heavy atom. The molecule has 0 aliphatic rings. The van der Waals surface area contributed by atoms with Crippen molar-refractivity contribution < 1.29 is 9.47 Å². The Balaban J connectivity index is 0.00000338. The molecule has 1 aromatic heterocycles. The molecule has 2 N–H and O–H groups in total. The minimum absolute atomic E-state index is 0. The first kappa shape index (κ1) is 22.2. The van der Waals surface area contributed by atoms with Gasteiger partial charge in [-0.15, -0.1) is 24.0 Å². The Kier molecular flexibility index (Phi) is 11.4. The van der Waals surface area contributed by atoms with Gasteiger partial charge in [0, 0.05) is 38.5 Å². The molecule has 2 rings (SSSR count). The second kappa shape index (κ2) is 13.3. The van der Waals surface area contributed by atoms with Crippen molar-refractivity contribution in [2.24, 2.45) is 4.99 Å². The van der Waals surface area contributed by atoms with Crippen LogP contribution in [0.4, 0.5) is 0 Å². The van der Waals surface area contributed by atoms with Gasteiger partial charge in [0.25, 0.3) is 0 Å². The van der Waals surface area contributed by atoms with Gasteiger partial charge < -0.3 is 20.1 Å². The lowest BCUT2D eigenvalue weighted by Crippen LogP contribution is -2.38. The van der Waals surface area contributed by atoms with Crippen LogP contribution in [0, 0.1) is 0 Å². The average Bonchev–Trinajstić information content (AvgIpc) is 2.67. The van der Waals surface area contributed by atoms with E-state index in [1.54, 1.807) is 13.2 Å². The number of nitrogens with one attached hydrogen (secondary N) is 2. The molecule has 0 unspecified atom stereocenters. The highest BCUT2D eigenvalue weighted by atomic mass is 127. The summed E-state index contributed by atoms with van der Waals surface area (Å²) >= 11 is 0. The Morgan fingerprint density at radius 2 is 1.92 bits per heavy atom. The van der Waals surface area contributed by atoms with Gasteiger partial charge in [0.1, 0.15) is 6.61 Å². The highest BCUT2D eigenvalue weighted by molar-refractivity contribution is 14.0. The first-order valence-electron chi connectivity index (χ1n) is 8.46. The molecule has 0 aliphatic heterocycles. The number of hydrogen-bond donors (Lipinski definition) is 2. The topological polar surface area (TPSA) is 67.8 Å². The van der Waals surface area contributed by atoms with Crippen LogP contribution < -0.4 is 15.4 Å². The van der Waals surface area contributed by atoms with E-state index in [2.05, 4.69) is 20.6 Å². The third-order valence-electron chi connectivity index (χ3n) is 3.48. The number of ether oxygens (including phenoxy) is 2. The molecule has 26 heavy (non-hydrogen) atoms. The Bertz CT molecular complexity index is 653. The van der Waals surface area contributed by atoms with Crippen molar-refractivity contribution in [2.45, 2.75) is 20.1 Å². The molecule has 0 spiro atoms. The summed E-state index contributed by atoms with van der Waals surface area (Å²) < 4.78 is 11.2. The van der Waals surface area contributed by atoms with Crippen LogP contribution in [-0.2, 0) is 17.9 Å². The van der Waals surface area contributed by atoms with E-state index in [1.807, 2.05) is 49.4 Å². The molecule has 1 heterocycles. The molecule has 0 saturated carbocycles. The summed E-state index contributed by atoms with van der Waals surface area (Å²) in [7, 11) is 1.74. The number of nitrogens with zero attached hydrogens (tertiary/aromatic N) is 2. The lowest BCUT2D eigenvalue weighted by molar-refractivity contribution is 0.152. The zero-order valence-electron chi connectivity index (χ0n) is 15.3. The molecule has 7 heteroatoms. The highest BCUT2D eigenvalue weighted by Gasteiger charge is 2.06. The predicted molar refractivity (Wildman–Crippen MR) is 115 cm³/mol. The minimum Gasteiger partial charge on any atom is -0.473 e. The number of halogens is 1. The maximum atomic E-state index is 5.87. The molecule has 0 atom stereocenters. The van der Waals surface area contributed by atoms with Crippen LogP contribution in [0.5, 0.6) is 5.88 Å². The third-order valence-corrected chi connectivity index (χ3v) is 3.48. The minimum atomic E-state index is 0. The lowest BCUT2D eigenvalue weighted by Gasteiger charge is -2.14. The van der Waals surface area contributed by atoms with E-state index in [1.165, 1.54) is 0 Å². The van der Waals surface area contributed by atoms with Gasteiger partial charge in [0.2, 0.25) is 5.88 Å². The van der Waals surface area contributed by atoms with Crippen molar-refractivity contribution in [3.05, 3.63) is 59.8 Å². The maximum absolute atomic E-state index is 5.87.